The highest BCUT2D eigenvalue weighted by Crippen LogP contribution is 2.27. The number of esters is 1. The molecule has 0 spiro atoms. The fraction of sp³-hybridized carbons (Fsp3) is 0.478. The van der Waals surface area contributed by atoms with E-state index in [-0.39, 0.29) is 35.9 Å². The molecule has 10 heteroatoms. The number of rotatable bonds is 11. The first-order valence-electron chi connectivity index (χ1n) is 10.7. The molecule has 2 aromatic rings. The molecule has 182 valence electrons. The van der Waals surface area contributed by atoms with E-state index in [4.69, 9.17) is 9.47 Å². The van der Waals surface area contributed by atoms with Gasteiger partial charge in [0.1, 0.15) is 11.5 Å². The van der Waals surface area contributed by atoms with Crippen LogP contribution < -0.4 is 0 Å². The Morgan fingerprint density at radius 2 is 1.76 bits per heavy atom. The number of ether oxygens (including phenoxy) is 2. The molecule has 0 fully saturated rings. The lowest BCUT2D eigenvalue weighted by molar-refractivity contribution is 0.0512. The second-order valence-corrected chi connectivity index (χ2v) is 9.39. The number of benzene rings is 1. The molecule has 0 aliphatic rings. The summed E-state index contributed by atoms with van der Waals surface area (Å²) in [6.07, 6.45) is 0. The summed E-state index contributed by atoms with van der Waals surface area (Å²) in [5, 5.41) is 0. The van der Waals surface area contributed by atoms with Gasteiger partial charge in [-0.05, 0) is 64.4 Å². The molecule has 0 aliphatic carbocycles. The van der Waals surface area contributed by atoms with Gasteiger partial charge in [-0.1, -0.05) is 0 Å². The Morgan fingerprint density at radius 1 is 1.15 bits per heavy atom. The first kappa shape index (κ1) is 26.7. The van der Waals surface area contributed by atoms with Gasteiger partial charge in [-0.15, -0.1) is 0 Å². The summed E-state index contributed by atoms with van der Waals surface area (Å²) < 4.78 is 53.0. The van der Waals surface area contributed by atoms with E-state index in [1.165, 1.54) is 14.0 Å². The predicted molar refractivity (Wildman–Crippen MR) is 121 cm³/mol. The van der Waals surface area contributed by atoms with E-state index in [0.717, 1.165) is 28.6 Å². The van der Waals surface area contributed by atoms with Crippen molar-refractivity contribution in [3.05, 3.63) is 52.6 Å². The summed E-state index contributed by atoms with van der Waals surface area (Å²) in [5.41, 5.74) is 1.55. The van der Waals surface area contributed by atoms with E-state index >= 15 is 0 Å². The fourth-order valence-electron chi connectivity index (χ4n) is 3.90. The lowest BCUT2D eigenvalue weighted by Crippen LogP contribution is -2.45. The molecule has 1 aromatic heterocycles. The Hall–Kier alpha value is -2.56. The first-order valence-corrected chi connectivity index (χ1v) is 12.1. The van der Waals surface area contributed by atoms with E-state index < -0.39 is 33.6 Å². The third-order valence-electron chi connectivity index (χ3n) is 5.55. The molecule has 1 unspecified atom stereocenters. The maximum Gasteiger partial charge on any atom is 0.355 e. The number of nitrogens with zero attached hydrogens (tertiary/aromatic N) is 2. The summed E-state index contributed by atoms with van der Waals surface area (Å²) in [6.45, 7) is 8.99. The van der Waals surface area contributed by atoms with Crippen LogP contribution in [0, 0.1) is 19.7 Å². The molecule has 0 bridgehead atoms. The molecule has 1 atom stereocenters. The maximum atomic E-state index is 13.6. The molecule has 0 saturated carbocycles. The summed E-state index contributed by atoms with van der Waals surface area (Å²) >= 11 is 0. The van der Waals surface area contributed by atoms with Crippen LogP contribution in [0.5, 0.6) is 0 Å². The number of hydrogen-bond donors (Lipinski definition) is 0. The Morgan fingerprint density at radius 3 is 2.27 bits per heavy atom. The standard InChI is InChI=1S/C23H31FN2O6S/c1-7-25-16(4)20(15(3)21(25)23(28)32-8-2)22(27)17(5)26(13-14-31-6)33(29,30)19-11-9-18(24)10-12-19/h9-12,17H,7-8,13-14H2,1-6H3. The molecular formula is C23H31FN2O6S. The molecule has 1 heterocycles. The van der Waals surface area contributed by atoms with Gasteiger partial charge < -0.3 is 14.0 Å². The number of sulfonamides is 1. The zero-order valence-electron chi connectivity index (χ0n) is 19.8. The van der Waals surface area contributed by atoms with Crippen LogP contribution in [0.25, 0.3) is 0 Å². The number of methoxy groups -OCH3 is 1. The number of ketones is 1. The number of carbonyl (C=O) groups is 2. The van der Waals surface area contributed by atoms with Gasteiger partial charge in [0, 0.05) is 31.5 Å². The number of aromatic nitrogens is 1. The minimum absolute atomic E-state index is 0.0556. The van der Waals surface area contributed by atoms with Gasteiger partial charge in [0.2, 0.25) is 10.0 Å². The molecule has 1 aromatic carbocycles. The van der Waals surface area contributed by atoms with Crippen molar-refractivity contribution in [2.45, 2.75) is 52.1 Å². The van der Waals surface area contributed by atoms with Gasteiger partial charge in [-0.2, -0.15) is 4.31 Å². The molecule has 2 rings (SSSR count). The summed E-state index contributed by atoms with van der Waals surface area (Å²) in [7, 11) is -2.71. The van der Waals surface area contributed by atoms with Gasteiger partial charge in [0.15, 0.2) is 5.78 Å². The van der Waals surface area contributed by atoms with Crippen molar-refractivity contribution in [3.63, 3.8) is 0 Å². The largest absolute Gasteiger partial charge is 0.461 e. The van der Waals surface area contributed by atoms with E-state index in [9.17, 15) is 22.4 Å². The van der Waals surface area contributed by atoms with Crippen molar-refractivity contribution in [2.75, 3.05) is 26.9 Å². The Kier molecular flexibility index (Phi) is 8.93. The predicted octanol–water partition coefficient (Wildman–Crippen LogP) is 3.35. The van der Waals surface area contributed by atoms with Crippen molar-refractivity contribution >= 4 is 21.8 Å². The van der Waals surface area contributed by atoms with Gasteiger partial charge in [0.25, 0.3) is 0 Å². The molecular weight excluding hydrogens is 451 g/mol. The second-order valence-electron chi connectivity index (χ2n) is 7.50. The van der Waals surface area contributed by atoms with E-state index in [1.54, 1.807) is 25.3 Å². The van der Waals surface area contributed by atoms with Crippen LogP contribution in [-0.4, -0.2) is 62.0 Å². The third-order valence-corrected chi connectivity index (χ3v) is 7.53. The molecule has 0 amide bonds. The van der Waals surface area contributed by atoms with Gasteiger partial charge in [-0.25, -0.2) is 17.6 Å². The van der Waals surface area contributed by atoms with Crippen molar-refractivity contribution in [1.82, 2.24) is 8.87 Å². The minimum atomic E-state index is -4.13. The van der Waals surface area contributed by atoms with Crippen molar-refractivity contribution in [3.8, 4) is 0 Å². The van der Waals surface area contributed by atoms with Gasteiger partial charge >= 0.3 is 5.97 Å². The molecule has 0 aliphatic heterocycles. The molecule has 0 radical (unpaired) electrons. The van der Waals surface area contributed by atoms with E-state index in [0.29, 0.717) is 17.8 Å². The number of Topliss-reactive ketones (excluding diaryl/α,β-unsaturated/α-hetero) is 1. The van der Waals surface area contributed by atoms with E-state index in [1.807, 2.05) is 6.92 Å². The average Bonchev–Trinajstić information content (AvgIpc) is 3.02. The monoisotopic (exact) mass is 482 g/mol. The fourth-order valence-corrected chi connectivity index (χ4v) is 5.48. The zero-order chi connectivity index (χ0) is 24.9. The number of hydrogen-bond acceptors (Lipinski definition) is 6. The van der Waals surface area contributed by atoms with Crippen LogP contribution in [0.3, 0.4) is 0 Å². The van der Waals surface area contributed by atoms with Crippen LogP contribution in [0.15, 0.2) is 29.2 Å². The van der Waals surface area contributed by atoms with Crippen LogP contribution in [0.1, 0.15) is 52.9 Å². The smallest absolute Gasteiger partial charge is 0.355 e. The molecule has 0 saturated heterocycles. The SMILES string of the molecule is CCOC(=O)c1c(C)c(C(=O)C(C)N(CCOC)S(=O)(=O)c2ccc(F)cc2)c(C)n1CC. The summed E-state index contributed by atoms with van der Waals surface area (Å²) in [6, 6.07) is 3.31. The summed E-state index contributed by atoms with van der Waals surface area (Å²) in [5.74, 6) is -1.56. The maximum absolute atomic E-state index is 13.6. The topological polar surface area (TPSA) is 94.9 Å². The Labute approximate surface area is 194 Å². The molecule has 33 heavy (non-hydrogen) atoms. The van der Waals surface area contributed by atoms with Gasteiger partial charge in [0.05, 0.1) is 24.2 Å². The molecule has 8 nitrogen and oxygen atoms in total. The van der Waals surface area contributed by atoms with Crippen molar-refractivity contribution in [2.24, 2.45) is 0 Å². The normalized spacial score (nSPS) is 12.7. The number of halogens is 1. The third kappa shape index (κ3) is 5.34. The lowest BCUT2D eigenvalue weighted by Gasteiger charge is -2.27. The highest BCUT2D eigenvalue weighted by atomic mass is 32.2. The average molecular weight is 483 g/mol. The highest BCUT2D eigenvalue weighted by molar-refractivity contribution is 7.89. The van der Waals surface area contributed by atoms with Gasteiger partial charge in [-0.3, -0.25) is 4.79 Å². The van der Waals surface area contributed by atoms with Crippen LogP contribution in [-0.2, 0) is 26.0 Å². The van der Waals surface area contributed by atoms with Crippen molar-refractivity contribution in [1.29, 1.82) is 0 Å². The van der Waals surface area contributed by atoms with Crippen LogP contribution >= 0.6 is 0 Å². The van der Waals surface area contributed by atoms with Crippen LogP contribution in [0.4, 0.5) is 4.39 Å². The second kappa shape index (κ2) is 11.0. The lowest BCUT2D eigenvalue weighted by atomic mass is 10.0. The number of carbonyl (C=O) groups excluding carboxylic acids is 2. The first-order chi connectivity index (χ1) is 15.5. The Balaban J connectivity index is 2.56. The van der Waals surface area contributed by atoms with Crippen LogP contribution in [0.2, 0.25) is 0 Å². The quantitative estimate of drug-likeness (QED) is 0.360. The minimum Gasteiger partial charge on any atom is -0.461 e. The van der Waals surface area contributed by atoms with Crippen molar-refractivity contribution < 1.29 is 31.9 Å². The zero-order valence-corrected chi connectivity index (χ0v) is 20.7. The Bertz CT molecular complexity index is 1110. The van der Waals surface area contributed by atoms with E-state index in [2.05, 4.69) is 0 Å². The highest BCUT2D eigenvalue weighted by Gasteiger charge is 2.36. The summed E-state index contributed by atoms with van der Waals surface area (Å²) in [4.78, 5) is 26.0. The molecule has 0 N–H and O–H groups in total.